The van der Waals surface area contributed by atoms with Crippen molar-refractivity contribution in [1.82, 2.24) is 29.4 Å². The van der Waals surface area contributed by atoms with Gasteiger partial charge in [0.2, 0.25) is 5.95 Å². The maximum atomic E-state index is 13.7. The molecule has 0 fully saturated rings. The maximum absolute atomic E-state index is 13.7. The Labute approximate surface area is 201 Å². The summed E-state index contributed by atoms with van der Waals surface area (Å²) in [6, 6.07) is 14.0. The van der Waals surface area contributed by atoms with Gasteiger partial charge in [-0.2, -0.15) is 5.10 Å². The average molecular weight is 498 g/mol. The molecular weight excluding hydrogens is 483 g/mol. The number of fused-ring (bicyclic) bond motifs is 1. The SMILES string of the molecule is O=C(Nc1ncn(Cc2ccc(F)cc2Cl)n1)c1cnn2c(C(F)F)cc(-c3ccccc3)nc12. The third-order valence-corrected chi connectivity index (χ3v) is 5.50. The second kappa shape index (κ2) is 9.18. The van der Waals surface area contributed by atoms with Crippen LogP contribution in [0.3, 0.4) is 0 Å². The van der Waals surface area contributed by atoms with Crippen LogP contribution in [0.25, 0.3) is 16.9 Å². The predicted molar refractivity (Wildman–Crippen MR) is 122 cm³/mol. The minimum atomic E-state index is -2.84. The largest absolute Gasteiger partial charge is 0.289 e. The third kappa shape index (κ3) is 4.58. The zero-order valence-electron chi connectivity index (χ0n) is 17.7. The van der Waals surface area contributed by atoms with Crippen molar-refractivity contribution in [2.24, 2.45) is 0 Å². The van der Waals surface area contributed by atoms with Crippen LogP contribution in [0.1, 0.15) is 28.0 Å². The molecule has 8 nitrogen and oxygen atoms in total. The van der Waals surface area contributed by atoms with Crippen LogP contribution in [-0.4, -0.2) is 35.3 Å². The van der Waals surface area contributed by atoms with Gasteiger partial charge in [-0.3, -0.25) is 10.1 Å². The number of nitrogens with zero attached hydrogens (tertiary/aromatic N) is 6. The second-order valence-electron chi connectivity index (χ2n) is 7.48. The summed E-state index contributed by atoms with van der Waals surface area (Å²) >= 11 is 6.04. The topological polar surface area (TPSA) is 90.0 Å². The molecule has 0 aliphatic rings. The molecule has 5 rings (SSSR count). The van der Waals surface area contributed by atoms with Crippen LogP contribution in [0, 0.1) is 5.82 Å². The Hall–Kier alpha value is -4.25. The van der Waals surface area contributed by atoms with E-state index in [1.807, 2.05) is 0 Å². The van der Waals surface area contributed by atoms with Crippen molar-refractivity contribution >= 4 is 29.1 Å². The number of aromatic nitrogens is 6. The van der Waals surface area contributed by atoms with Gasteiger partial charge in [0, 0.05) is 10.6 Å². The number of hydrogen-bond acceptors (Lipinski definition) is 5. The number of anilines is 1. The molecular formula is C23H15ClF3N7O. The first-order valence-electron chi connectivity index (χ1n) is 10.3. The highest BCUT2D eigenvalue weighted by atomic mass is 35.5. The van der Waals surface area contributed by atoms with Crippen molar-refractivity contribution in [2.45, 2.75) is 13.0 Å². The minimum absolute atomic E-state index is 0.0254. The van der Waals surface area contributed by atoms with E-state index in [1.165, 1.54) is 35.3 Å². The van der Waals surface area contributed by atoms with Crippen LogP contribution in [0.15, 0.2) is 67.1 Å². The van der Waals surface area contributed by atoms with Crippen LogP contribution in [-0.2, 0) is 6.54 Å². The van der Waals surface area contributed by atoms with Gasteiger partial charge in [0.1, 0.15) is 23.4 Å². The lowest BCUT2D eigenvalue weighted by atomic mass is 10.1. The highest BCUT2D eigenvalue weighted by Gasteiger charge is 2.22. The highest BCUT2D eigenvalue weighted by molar-refractivity contribution is 6.31. The Balaban J connectivity index is 1.43. The first-order chi connectivity index (χ1) is 16.9. The van der Waals surface area contributed by atoms with Gasteiger partial charge in [0.05, 0.1) is 18.4 Å². The molecule has 35 heavy (non-hydrogen) atoms. The van der Waals surface area contributed by atoms with Crippen LogP contribution < -0.4 is 5.32 Å². The Morgan fingerprint density at radius 2 is 1.91 bits per heavy atom. The van der Waals surface area contributed by atoms with Crippen molar-refractivity contribution in [3.05, 3.63) is 94.8 Å². The van der Waals surface area contributed by atoms with E-state index >= 15 is 0 Å². The molecule has 3 heterocycles. The van der Waals surface area contributed by atoms with Gasteiger partial charge >= 0.3 is 0 Å². The number of rotatable bonds is 6. The number of alkyl halides is 2. The molecule has 1 N–H and O–H groups in total. The van der Waals surface area contributed by atoms with Gasteiger partial charge in [-0.25, -0.2) is 32.3 Å². The van der Waals surface area contributed by atoms with Gasteiger partial charge in [0.15, 0.2) is 5.65 Å². The number of hydrogen-bond donors (Lipinski definition) is 1. The summed E-state index contributed by atoms with van der Waals surface area (Å²) in [6.07, 6.45) is -0.311. The van der Waals surface area contributed by atoms with Crippen LogP contribution >= 0.6 is 11.6 Å². The Bertz CT molecular complexity index is 1540. The molecule has 0 atom stereocenters. The normalized spacial score (nSPS) is 11.3. The lowest BCUT2D eigenvalue weighted by molar-refractivity contribution is 0.102. The molecule has 0 radical (unpaired) electrons. The van der Waals surface area contributed by atoms with Crippen molar-refractivity contribution in [3.8, 4) is 11.3 Å². The molecule has 12 heteroatoms. The Kier molecular flexibility index (Phi) is 5.91. The first kappa shape index (κ1) is 22.5. The van der Waals surface area contributed by atoms with E-state index in [4.69, 9.17) is 11.6 Å². The molecule has 0 spiro atoms. The third-order valence-electron chi connectivity index (χ3n) is 5.15. The number of nitrogens with one attached hydrogen (secondary N) is 1. The fourth-order valence-electron chi connectivity index (χ4n) is 3.48. The summed E-state index contributed by atoms with van der Waals surface area (Å²) in [4.78, 5) is 21.4. The van der Waals surface area contributed by atoms with Gasteiger partial charge in [-0.1, -0.05) is 48.0 Å². The van der Waals surface area contributed by atoms with Crippen LogP contribution in [0.5, 0.6) is 0 Å². The second-order valence-corrected chi connectivity index (χ2v) is 7.89. The number of halogens is 4. The van der Waals surface area contributed by atoms with E-state index in [2.05, 4.69) is 25.5 Å². The summed E-state index contributed by atoms with van der Waals surface area (Å²) in [7, 11) is 0. The van der Waals surface area contributed by atoms with E-state index < -0.39 is 23.8 Å². The number of amides is 1. The molecule has 176 valence electrons. The molecule has 5 aromatic rings. The summed E-state index contributed by atoms with van der Waals surface area (Å²) in [5.41, 5.74) is 1.05. The molecule has 3 aromatic heterocycles. The molecule has 0 saturated carbocycles. The Morgan fingerprint density at radius 1 is 1.11 bits per heavy atom. The van der Waals surface area contributed by atoms with Crippen molar-refractivity contribution in [1.29, 1.82) is 0 Å². The van der Waals surface area contributed by atoms with Crippen molar-refractivity contribution in [2.75, 3.05) is 5.32 Å². The standard InChI is InChI=1S/C23H15ClF3N7O/c24-17-8-15(25)7-6-14(17)11-33-12-28-23(32-33)31-22(35)16-10-29-34-19(20(26)27)9-18(30-21(16)34)13-4-2-1-3-5-13/h1-10,12,20H,11H2,(H,31,32,35). The number of carbonyl (C=O) groups excluding carboxylic acids is 1. The summed E-state index contributed by atoms with van der Waals surface area (Å²) in [5.74, 6) is -1.16. The van der Waals surface area contributed by atoms with Crippen LogP contribution in [0.4, 0.5) is 19.1 Å². The molecule has 0 aliphatic heterocycles. The molecule has 0 saturated heterocycles. The number of benzene rings is 2. The summed E-state index contributed by atoms with van der Waals surface area (Å²) in [6.45, 7) is 0.193. The first-order valence-corrected chi connectivity index (χ1v) is 10.6. The summed E-state index contributed by atoms with van der Waals surface area (Å²) in [5, 5.41) is 10.8. The fourth-order valence-corrected chi connectivity index (χ4v) is 3.71. The van der Waals surface area contributed by atoms with Gasteiger partial charge in [-0.15, -0.1) is 5.10 Å². The van der Waals surface area contributed by atoms with Gasteiger partial charge in [0.25, 0.3) is 12.3 Å². The lowest BCUT2D eigenvalue weighted by Gasteiger charge is -2.08. The zero-order valence-corrected chi connectivity index (χ0v) is 18.5. The summed E-state index contributed by atoms with van der Waals surface area (Å²) < 4.78 is 43.1. The van der Waals surface area contributed by atoms with E-state index in [1.54, 1.807) is 30.3 Å². The average Bonchev–Trinajstić information content (AvgIpc) is 3.47. The van der Waals surface area contributed by atoms with E-state index in [9.17, 15) is 18.0 Å². The van der Waals surface area contributed by atoms with Gasteiger partial charge < -0.3 is 0 Å². The van der Waals surface area contributed by atoms with Gasteiger partial charge in [-0.05, 0) is 23.8 Å². The van der Waals surface area contributed by atoms with Crippen molar-refractivity contribution in [3.63, 3.8) is 0 Å². The molecule has 0 aliphatic carbocycles. The van der Waals surface area contributed by atoms with E-state index in [0.717, 1.165) is 10.7 Å². The van der Waals surface area contributed by atoms with Crippen LogP contribution in [0.2, 0.25) is 5.02 Å². The van der Waals surface area contributed by atoms with Crippen molar-refractivity contribution < 1.29 is 18.0 Å². The zero-order chi connectivity index (χ0) is 24.5. The monoisotopic (exact) mass is 497 g/mol. The van der Waals surface area contributed by atoms with E-state index in [-0.39, 0.29) is 34.4 Å². The minimum Gasteiger partial charge on any atom is -0.289 e. The molecule has 0 unspecified atom stereocenters. The Morgan fingerprint density at radius 3 is 2.66 bits per heavy atom. The van der Waals surface area contributed by atoms with E-state index in [0.29, 0.717) is 11.1 Å². The lowest BCUT2D eigenvalue weighted by Crippen LogP contribution is -2.14. The molecule has 2 aromatic carbocycles. The molecule has 0 bridgehead atoms. The quantitative estimate of drug-likeness (QED) is 0.356. The fraction of sp³-hybridized carbons (Fsp3) is 0.0870. The predicted octanol–water partition coefficient (Wildman–Crippen LogP) is 5.02. The number of carbonyl (C=O) groups is 1. The highest BCUT2D eigenvalue weighted by Crippen LogP contribution is 2.27. The smallest absolute Gasteiger partial charge is 0.280 e. The molecule has 1 amide bonds. The maximum Gasteiger partial charge on any atom is 0.280 e.